The van der Waals surface area contributed by atoms with Crippen molar-refractivity contribution in [1.29, 1.82) is 0 Å². The molecule has 0 spiro atoms. The van der Waals surface area contributed by atoms with Crippen molar-refractivity contribution in [2.45, 2.75) is 26.3 Å². The molecule has 0 aliphatic carbocycles. The van der Waals surface area contributed by atoms with Gasteiger partial charge in [-0.1, -0.05) is 25.1 Å². The first-order chi connectivity index (χ1) is 9.83. The second-order valence-corrected chi connectivity index (χ2v) is 5.96. The molecule has 0 unspecified atom stereocenters. The molecule has 0 atom stereocenters. The van der Waals surface area contributed by atoms with Gasteiger partial charge in [0.05, 0.1) is 6.26 Å². The topological polar surface area (TPSA) is 28.4 Å². The SMILES string of the molecule is CC1CCN(CCNCc2coc3ccccc23)CC1. The molecule has 0 saturated carbocycles. The predicted molar refractivity (Wildman–Crippen MR) is 82.8 cm³/mol. The van der Waals surface area contributed by atoms with Crippen LogP contribution in [0.25, 0.3) is 11.0 Å². The molecule has 1 aromatic heterocycles. The van der Waals surface area contributed by atoms with Crippen LogP contribution in [-0.4, -0.2) is 31.1 Å². The molecule has 1 aliphatic heterocycles. The Kier molecular flexibility index (Phi) is 4.38. The predicted octanol–water partition coefficient (Wildman–Crippen LogP) is 3.25. The van der Waals surface area contributed by atoms with Crippen LogP contribution < -0.4 is 5.32 Å². The zero-order valence-corrected chi connectivity index (χ0v) is 12.3. The number of likely N-dealkylation sites (tertiary alicyclic amines) is 1. The van der Waals surface area contributed by atoms with Gasteiger partial charge in [-0.15, -0.1) is 0 Å². The lowest BCUT2D eigenvalue weighted by Crippen LogP contribution is -2.37. The quantitative estimate of drug-likeness (QED) is 0.847. The van der Waals surface area contributed by atoms with Crippen molar-refractivity contribution in [2.24, 2.45) is 5.92 Å². The van der Waals surface area contributed by atoms with Crippen molar-refractivity contribution in [1.82, 2.24) is 10.2 Å². The molecule has 2 heterocycles. The van der Waals surface area contributed by atoms with Gasteiger partial charge in [-0.25, -0.2) is 0 Å². The van der Waals surface area contributed by atoms with Crippen molar-refractivity contribution >= 4 is 11.0 Å². The number of fused-ring (bicyclic) bond motifs is 1. The summed E-state index contributed by atoms with van der Waals surface area (Å²) in [7, 11) is 0. The molecule has 3 nitrogen and oxygen atoms in total. The second-order valence-electron chi connectivity index (χ2n) is 5.96. The van der Waals surface area contributed by atoms with Crippen molar-refractivity contribution in [2.75, 3.05) is 26.2 Å². The van der Waals surface area contributed by atoms with Gasteiger partial charge in [0.1, 0.15) is 5.58 Å². The fourth-order valence-electron chi connectivity index (χ4n) is 2.92. The monoisotopic (exact) mass is 272 g/mol. The Morgan fingerprint density at radius 1 is 1.25 bits per heavy atom. The van der Waals surface area contributed by atoms with Crippen LogP contribution in [0.2, 0.25) is 0 Å². The third-order valence-corrected chi connectivity index (χ3v) is 4.36. The maximum absolute atomic E-state index is 5.56. The zero-order chi connectivity index (χ0) is 13.8. The van der Waals surface area contributed by atoms with Crippen LogP contribution in [0.15, 0.2) is 34.9 Å². The average molecular weight is 272 g/mol. The number of para-hydroxylation sites is 1. The average Bonchev–Trinajstić information content (AvgIpc) is 2.89. The first-order valence-corrected chi connectivity index (χ1v) is 7.71. The summed E-state index contributed by atoms with van der Waals surface area (Å²) in [5.41, 5.74) is 2.24. The van der Waals surface area contributed by atoms with E-state index >= 15 is 0 Å². The highest BCUT2D eigenvalue weighted by molar-refractivity contribution is 5.80. The van der Waals surface area contributed by atoms with Crippen LogP contribution in [0.4, 0.5) is 0 Å². The number of nitrogens with one attached hydrogen (secondary N) is 1. The highest BCUT2D eigenvalue weighted by Crippen LogP contribution is 2.20. The van der Waals surface area contributed by atoms with Gasteiger partial charge in [0.2, 0.25) is 0 Å². The molecule has 2 aromatic rings. The van der Waals surface area contributed by atoms with Crippen molar-refractivity contribution in [3.63, 3.8) is 0 Å². The Morgan fingerprint density at radius 2 is 2.05 bits per heavy atom. The lowest BCUT2D eigenvalue weighted by molar-refractivity contribution is 0.193. The van der Waals surface area contributed by atoms with Gasteiger partial charge in [-0.05, 0) is 37.9 Å². The molecule has 0 amide bonds. The summed E-state index contributed by atoms with van der Waals surface area (Å²) < 4.78 is 5.56. The third-order valence-electron chi connectivity index (χ3n) is 4.36. The van der Waals surface area contributed by atoms with Gasteiger partial charge in [0, 0.05) is 30.6 Å². The Hall–Kier alpha value is -1.32. The molecule has 0 radical (unpaired) electrons. The summed E-state index contributed by atoms with van der Waals surface area (Å²) in [5.74, 6) is 0.913. The Bertz CT molecular complexity index is 541. The summed E-state index contributed by atoms with van der Waals surface area (Å²) in [6.45, 7) is 7.98. The first kappa shape index (κ1) is 13.7. The molecular weight excluding hydrogens is 248 g/mol. The van der Waals surface area contributed by atoms with Crippen molar-refractivity contribution < 1.29 is 4.42 Å². The van der Waals surface area contributed by atoms with Gasteiger partial charge >= 0.3 is 0 Å². The van der Waals surface area contributed by atoms with E-state index in [1.165, 1.54) is 36.9 Å². The molecule has 1 aliphatic rings. The van der Waals surface area contributed by atoms with Gasteiger partial charge < -0.3 is 14.6 Å². The van der Waals surface area contributed by atoms with Crippen molar-refractivity contribution in [3.8, 4) is 0 Å². The number of benzene rings is 1. The van der Waals surface area contributed by atoms with E-state index in [-0.39, 0.29) is 0 Å². The lowest BCUT2D eigenvalue weighted by atomic mass is 9.99. The maximum atomic E-state index is 5.56. The van der Waals surface area contributed by atoms with Crippen molar-refractivity contribution in [3.05, 3.63) is 36.1 Å². The number of rotatable bonds is 5. The number of hydrogen-bond acceptors (Lipinski definition) is 3. The number of furan rings is 1. The summed E-state index contributed by atoms with van der Waals surface area (Å²) in [5, 5.41) is 4.77. The lowest BCUT2D eigenvalue weighted by Gasteiger charge is -2.30. The normalized spacial score (nSPS) is 17.9. The Morgan fingerprint density at radius 3 is 2.90 bits per heavy atom. The highest BCUT2D eigenvalue weighted by atomic mass is 16.3. The van der Waals surface area contributed by atoms with Gasteiger partial charge in [0.25, 0.3) is 0 Å². The minimum Gasteiger partial charge on any atom is -0.464 e. The summed E-state index contributed by atoms with van der Waals surface area (Å²) in [6, 6.07) is 8.23. The molecule has 1 aromatic carbocycles. The first-order valence-electron chi connectivity index (χ1n) is 7.71. The van der Waals surface area contributed by atoms with E-state index in [1.54, 1.807) is 0 Å². The van der Waals surface area contributed by atoms with E-state index in [4.69, 9.17) is 4.42 Å². The van der Waals surface area contributed by atoms with Crippen LogP contribution in [0.1, 0.15) is 25.3 Å². The van der Waals surface area contributed by atoms with Gasteiger partial charge in [-0.3, -0.25) is 0 Å². The molecule has 3 heteroatoms. The molecule has 1 fully saturated rings. The fraction of sp³-hybridized carbons (Fsp3) is 0.529. The fourth-order valence-corrected chi connectivity index (χ4v) is 2.92. The second kappa shape index (κ2) is 6.42. The van der Waals surface area contributed by atoms with Crippen LogP contribution in [0.5, 0.6) is 0 Å². The molecule has 3 rings (SSSR count). The van der Waals surface area contributed by atoms with Crippen LogP contribution in [0, 0.1) is 5.92 Å². The number of piperidine rings is 1. The van der Waals surface area contributed by atoms with Crippen LogP contribution >= 0.6 is 0 Å². The number of hydrogen-bond donors (Lipinski definition) is 1. The Labute approximate surface area is 120 Å². The van der Waals surface area contributed by atoms with Gasteiger partial charge in [-0.2, -0.15) is 0 Å². The summed E-state index contributed by atoms with van der Waals surface area (Å²) in [4.78, 5) is 2.57. The van der Waals surface area contributed by atoms with Crippen LogP contribution in [-0.2, 0) is 6.54 Å². The zero-order valence-electron chi connectivity index (χ0n) is 12.3. The van der Waals surface area contributed by atoms with E-state index in [2.05, 4.69) is 29.3 Å². The smallest absolute Gasteiger partial charge is 0.134 e. The maximum Gasteiger partial charge on any atom is 0.134 e. The van der Waals surface area contributed by atoms with E-state index in [0.717, 1.165) is 31.1 Å². The molecule has 20 heavy (non-hydrogen) atoms. The molecule has 1 N–H and O–H groups in total. The summed E-state index contributed by atoms with van der Waals surface area (Å²) >= 11 is 0. The van der Waals surface area contributed by atoms with E-state index in [9.17, 15) is 0 Å². The van der Waals surface area contributed by atoms with Gasteiger partial charge in [0.15, 0.2) is 0 Å². The van der Waals surface area contributed by atoms with Crippen LogP contribution in [0.3, 0.4) is 0 Å². The Balaban J connectivity index is 1.44. The molecule has 0 bridgehead atoms. The largest absolute Gasteiger partial charge is 0.464 e. The molecular formula is C17H24N2O. The minimum absolute atomic E-state index is 0.890. The minimum atomic E-state index is 0.890. The van der Waals surface area contributed by atoms with E-state index in [0.29, 0.717) is 0 Å². The highest BCUT2D eigenvalue weighted by Gasteiger charge is 2.14. The molecule has 108 valence electrons. The third kappa shape index (κ3) is 3.22. The standard InChI is InChI=1S/C17H24N2O/c1-14-6-9-19(10-7-14)11-8-18-12-15-13-20-17-5-3-2-4-16(15)17/h2-5,13-14,18H,6-12H2,1H3. The van der Waals surface area contributed by atoms with E-state index < -0.39 is 0 Å². The molecule has 1 saturated heterocycles. The van der Waals surface area contributed by atoms with E-state index in [1.807, 2.05) is 18.4 Å². The summed E-state index contributed by atoms with van der Waals surface area (Å²) in [6.07, 6.45) is 4.58. The number of nitrogens with zero attached hydrogens (tertiary/aromatic N) is 1.